The molecule has 1 amide bonds. The Bertz CT molecular complexity index is 354. The van der Waals surface area contributed by atoms with Crippen molar-refractivity contribution in [2.24, 2.45) is 5.92 Å². The molecule has 0 aromatic rings. The molecule has 1 aliphatic heterocycles. The van der Waals surface area contributed by atoms with Crippen molar-refractivity contribution in [1.82, 2.24) is 10.6 Å². The third kappa shape index (κ3) is 7.95. The molecule has 124 valence electrons. The monoisotopic (exact) mass is 326 g/mol. The second-order valence-corrected chi connectivity index (χ2v) is 8.18. The molecule has 2 N–H and O–H groups in total. The fraction of sp³-hybridized carbons (Fsp3) is 0.929. The summed E-state index contributed by atoms with van der Waals surface area (Å²) in [6.45, 7) is 8.50. The largest absolute Gasteiger partial charge is 0.441 e. The van der Waals surface area contributed by atoms with E-state index in [1.54, 1.807) is 0 Å². The van der Waals surface area contributed by atoms with Gasteiger partial charge in [0, 0.05) is 29.8 Å². The Morgan fingerprint density at radius 1 is 1.24 bits per heavy atom. The minimum Gasteiger partial charge on any atom is -0.355 e. The SMILES string of the molecule is CC1(C)CC(CC(=O)NCCSC(F)(F)F)CC(C)(C)N1. The van der Waals surface area contributed by atoms with Gasteiger partial charge >= 0.3 is 5.51 Å². The fourth-order valence-corrected chi connectivity index (χ4v) is 3.81. The molecule has 0 unspecified atom stereocenters. The van der Waals surface area contributed by atoms with Gasteiger partial charge in [-0.25, -0.2) is 0 Å². The van der Waals surface area contributed by atoms with Gasteiger partial charge in [0.2, 0.25) is 5.91 Å². The van der Waals surface area contributed by atoms with Crippen molar-refractivity contribution in [2.75, 3.05) is 12.3 Å². The number of nitrogens with one attached hydrogen (secondary N) is 2. The van der Waals surface area contributed by atoms with Crippen LogP contribution in [0.1, 0.15) is 47.0 Å². The number of hydrogen-bond acceptors (Lipinski definition) is 3. The molecule has 1 saturated heterocycles. The number of amides is 1. The Balaban J connectivity index is 2.34. The summed E-state index contributed by atoms with van der Waals surface area (Å²) < 4.78 is 35.9. The van der Waals surface area contributed by atoms with E-state index < -0.39 is 5.51 Å². The maximum absolute atomic E-state index is 12.0. The molecule has 1 heterocycles. The standard InChI is InChI=1S/C14H25F3N2OS/c1-12(2)8-10(9-13(3,4)19-12)7-11(20)18-5-6-21-14(15,16)17/h10,19H,5-9H2,1-4H3,(H,18,20). The summed E-state index contributed by atoms with van der Waals surface area (Å²) in [4.78, 5) is 11.8. The van der Waals surface area contributed by atoms with Crippen LogP contribution in [0.5, 0.6) is 0 Å². The van der Waals surface area contributed by atoms with E-state index in [1.807, 2.05) is 0 Å². The van der Waals surface area contributed by atoms with Gasteiger partial charge in [-0.05, 0) is 58.2 Å². The Hall–Kier alpha value is -0.430. The third-order valence-corrected chi connectivity index (χ3v) is 4.17. The summed E-state index contributed by atoms with van der Waals surface area (Å²) in [7, 11) is 0. The van der Waals surface area contributed by atoms with E-state index in [1.165, 1.54) is 0 Å². The molecule has 0 bridgehead atoms. The van der Waals surface area contributed by atoms with Crippen molar-refractivity contribution in [3.8, 4) is 0 Å². The minimum absolute atomic E-state index is 0.0289. The van der Waals surface area contributed by atoms with Crippen LogP contribution in [0, 0.1) is 5.92 Å². The highest BCUT2D eigenvalue weighted by Gasteiger charge is 2.38. The smallest absolute Gasteiger partial charge is 0.355 e. The molecule has 0 atom stereocenters. The van der Waals surface area contributed by atoms with Gasteiger partial charge in [-0.2, -0.15) is 13.2 Å². The van der Waals surface area contributed by atoms with E-state index >= 15 is 0 Å². The average Bonchev–Trinajstić information content (AvgIpc) is 2.18. The lowest BCUT2D eigenvalue weighted by atomic mass is 9.74. The van der Waals surface area contributed by atoms with E-state index in [-0.39, 0.29) is 47.0 Å². The van der Waals surface area contributed by atoms with E-state index in [0.717, 1.165) is 12.8 Å². The highest BCUT2D eigenvalue weighted by Crippen LogP contribution is 2.34. The number of piperidine rings is 1. The normalized spacial score (nSPS) is 22.0. The number of thioether (sulfide) groups is 1. The molecular weight excluding hydrogens is 301 g/mol. The predicted octanol–water partition coefficient (Wildman–Crippen LogP) is 3.30. The summed E-state index contributed by atoms with van der Waals surface area (Å²) in [6, 6.07) is 0. The summed E-state index contributed by atoms with van der Waals surface area (Å²) >= 11 is -0.104. The van der Waals surface area contributed by atoms with Crippen molar-refractivity contribution >= 4 is 17.7 Å². The summed E-state index contributed by atoms with van der Waals surface area (Å²) in [5.74, 6) is -0.0406. The van der Waals surface area contributed by atoms with Gasteiger partial charge in [-0.15, -0.1) is 0 Å². The van der Waals surface area contributed by atoms with Gasteiger partial charge in [0.05, 0.1) is 0 Å². The molecule has 1 aliphatic rings. The Labute approximate surface area is 128 Å². The lowest BCUT2D eigenvalue weighted by Crippen LogP contribution is -2.58. The molecule has 0 aliphatic carbocycles. The molecule has 21 heavy (non-hydrogen) atoms. The molecule has 1 fully saturated rings. The topological polar surface area (TPSA) is 41.1 Å². The second kappa shape index (κ2) is 6.77. The van der Waals surface area contributed by atoms with Crippen LogP contribution >= 0.6 is 11.8 Å². The third-order valence-electron chi connectivity index (χ3n) is 3.44. The Morgan fingerprint density at radius 2 is 1.76 bits per heavy atom. The first kappa shape index (κ1) is 18.6. The molecule has 0 radical (unpaired) electrons. The Morgan fingerprint density at radius 3 is 2.24 bits per heavy atom. The fourth-order valence-electron chi connectivity index (χ4n) is 3.37. The van der Waals surface area contributed by atoms with Crippen LogP contribution < -0.4 is 10.6 Å². The summed E-state index contributed by atoms with van der Waals surface area (Å²) in [5.41, 5.74) is -4.29. The molecule has 0 spiro atoms. The molecule has 0 saturated carbocycles. The lowest BCUT2D eigenvalue weighted by Gasteiger charge is -2.46. The molecule has 1 rings (SSSR count). The second-order valence-electron chi connectivity index (χ2n) is 7.02. The maximum atomic E-state index is 12.0. The van der Waals surface area contributed by atoms with Gasteiger partial charge < -0.3 is 10.6 Å². The van der Waals surface area contributed by atoms with Gasteiger partial charge in [0.1, 0.15) is 0 Å². The van der Waals surface area contributed by atoms with Crippen molar-refractivity contribution in [3.63, 3.8) is 0 Å². The summed E-state index contributed by atoms with van der Waals surface area (Å²) in [5, 5.41) is 6.12. The molecule has 3 nitrogen and oxygen atoms in total. The predicted molar refractivity (Wildman–Crippen MR) is 80.2 cm³/mol. The van der Waals surface area contributed by atoms with Gasteiger partial charge in [-0.3, -0.25) is 4.79 Å². The zero-order valence-electron chi connectivity index (χ0n) is 13.1. The number of halogens is 3. The van der Waals surface area contributed by atoms with Crippen molar-refractivity contribution in [2.45, 2.75) is 63.5 Å². The van der Waals surface area contributed by atoms with E-state index in [0.29, 0.717) is 6.42 Å². The van der Waals surface area contributed by atoms with E-state index in [4.69, 9.17) is 0 Å². The first-order chi connectivity index (χ1) is 9.39. The molecular formula is C14H25F3N2OS. The van der Waals surface area contributed by atoms with Crippen LogP contribution in [0.4, 0.5) is 13.2 Å². The quantitative estimate of drug-likeness (QED) is 0.762. The zero-order valence-corrected chi connectivity index (χ0v) is 13.9. The zero-order chi connectivity index (χ0) is 16.3. The van der Waals surface area contributed by atoms with Crippen LogP contribution in [0.3, 0.4) is 0 Å². The average molecular weight is 326 g/mol. The summed E-state index contributed by atoms with van der Waals surface area (Å²) in [6.07, 6.45) is 2.16. The number of rotatable bonds is 5. The number of hydrogen-bond donors (Lipinski definition) is 2. The van der Waals surface area contributed by atoms with Crippen LogP contribution in [0.2, 0.25) is 0 Å². The van der Waals surface area contributed by atoms with E-state index in [9.17, 15) is 18.0 Å². The first-order valence-electron chi connectivity index (χ1n) is 7.15. The van der Waals surface area contributed by atoms with Crippen molar-refractivity contribution < 1.29 is 18.0 Å². The lowest BCUT2D eigenvalue weighted by molar-refractivity contribution is -0.122. The number of carbonyl (C=O) groups excluding carboxylic acids is 1. The van der Waals surface area contributed by atoms with Crippen LogP contribution in [-0.4, -0.2) is 34.8 Å². The van der Waals surface area contributed by atoms with Crippen molar-refractivity contribution in [1.29, 1.82) is 0 Å². The van der Waals surface area contributed by atoms with Crippen LogP contribution in [-0.2, 0) is 4.79 Å². The molecule has 7 heteroatoms. The highest BCUT2D eigenvalue weighted by atomic mass is 32.2. The number of alkyl halides is 3. The van der Waals surface area contributed by atoms with Gasteiger partial charge in [0.15, 0.2) is 0 Å². The van der Waals surface area contributed by atoms with Crippen LogP contribution in [0.25, 0.3) is 0 Å². The number of carbonyl (C=O) groups is 1. The highest BCUT2D eigenvalue weighted by molar-refractivity contribution is 8.00. The molecule has 0 aromatic carbocycles. The molecule has 0 aromatic heterocycles. The first-order valence-corrected chi connectivity index (χ1v) is 8.14. The van der Waals surface area contributed by atoms with Gasteiger partial charge in [0.25, 0.3) is 0 Å². The van der Waals surface area contributed by atoms with Crippen molar-refractivity contribution in [3.05, 3.63) is 0 Å². The minimum atomic E-state index is -4.23. The maximum Gasteiger partial charge on any atom is 0.441 e. The van der Waals surface area contributed by atoms with Gasteiger partial charge in [-0.1, -0.05) is 0 Å². The Kier molecular flexibility index (Phi) is 6.00. The van der Waals surface area contributed by atoms with E-state index in [2.05, 4.69) is 38.3 Å². The van der Waals surface area contributed by atoms with Crippen LogP contribution in [0.15, 0.2) is 0 Å².